The average Bonchev–Trinajstić information content (AvgIpc) is 3.07. The van der Waals surface area contributed by atoms with Crippen LogP contribution in [0.4, 0.5) is 10.6 Å². The first-order valence-corrected chi connectivity index (χ1v) is 10.6. The fraction of sp³-hybridized carbons (Fsp3) is 0.667. The summed E-state index contributed by atoms with van der Waals surface area (Å²) in [6.45, 7) is 10.4. The van der Waals surface area contributed by atoms with E-state index in [2.05, 4.69) is 27.1 Å². The van der Waals surface area contributed by atoms with Crippen LogP contribution in [0.15, 0.2) is 6.20 Å². The molecule has 166 valence electrons. The summed E-state index contributed by atoms with van der Waals surface area (Å²) in [4.78, 5) is 21.8. The van der Waals surface area contributed by atoms with E-state index in [1.54, 1.807) is 6.20 Å². The van der Waals surface area contributed by atoms with Crippen molar-refractivity contribution in [2.75, 3.05) is 18.5 Å². The molecule has 8 nitrogen and oxygen atoms in total. The Hall–Kier alpha value is -2.08. The SMILES string of the molecule is CCOC(C#Cc1cnc(Cl)nc1N[C@H]1CCC[C@@H]1N(C(=O)O)C(C)(C)C)OCC. The number of amides is 1. The van der Waals surface area contributed by atoms with E-state index < -0.39 is 17.9 Å². The van der Waals surface area contributed by atoms with E-state index in [0.29, 0.717) is 24.6 Å². The first-order chi connectivity index (χ1) is 14.2. The van der Waals surface area contributed by atoms with E-state index in [1.807, 2.05) is 34.6 Å². The Morgan fingerprint density at radius 1 is 1.37 bits per heavy atom. The molecule has 0 spiro atoms. The maximum absolute atomic E-state index is 12.0. The van der Waals surface area contributed by atoms with E-state index in [1.165, 1.54) is 4.90 Å². The van der Waals surface area contributed by atoms with Crippen molar-refractivity contribution in [3.8, 4) is 11.8 Å². The summed E-state index contributed by atoms with van der Waals surface area (Å²) < 4.78 is 10.9. The minimum absolute atomic E-state index is 0.0923. The van der Waals surface area contributed by atoms with Crippen molar-refractivity contribution in [1.82, 2.24) is 14.9 Å². The number of nitrogens with one attached hydrogen (secondary N) is 1. The molecule has 1 heterocycles. The van der Waals surface area contributed by atoms with Crippen LogP contribution in [-0.4, -0.2) is 63.2 Å². The number of rotatable bonds is 7. The summed E-state index contributed by atoms with van der Waals surface area (Å²) in [5.41, 5.74) is 0.0293. The first-order valence-electron chi connectivity index (χ1n) is 10.2. The van der Waals surface area contributed by atoms with Crippen molar-refractivity contribution in [2.45, 2.75) is 77.8 Å². The molecule has 2 atom stereocenters. The van der Waals surface area contributed by atoms with Gasteiger partial charge in [0, 0.05) is 31.0 Å². The van der Waals surface area contributed by atoms with E-state index in [9.17, 15) is 9.90 Å². The molecule has 0 bridgehead atoms. The highest BCUT2D eigenvalue weighted by molar-refractivity contribution is 6.28. The van der Waals surface area contributed by atoms with Gasteiger partial charge in [-0.3, -0.25) is 4.90 Å². The third kappa shape index (κ3) is 6.46. The Balaban J connectivity index is 2.29. The molecule has 0 aromatic carbocycles. The Labute approximate surface area is 183 Å². The first kappa shape index (κ1) is 24.2. The Kier molecular flexibility index (Phi) is 8.71. The van der Waals surface area contributed by atoms with E-state index >= 15 is 0 Å². The summed E-state index contributed by atoms with van der Waals surface area (Å²) in [5, 5.41) is 13.3. The highest BCUT2D eigenvalue weighted by Gasteiger charge is 2.40. The topological polar surface area (TPSA) is 96.8 Å². The Bertz CT molecular complexity index is 781. The normalized spacial score (nSPS) is 18.8. The van der Waals surface area contributed by atoms with Crippen LogP contribution < -0.4 is 5.32 Å². The van der Waals surface area contributed by atoms with Crippen LogP contribution in [-0.2, 0) is 9.47 Å². The lowest BCUT2D eigenvalue weighted by atomic mass is 10.0. The molecular weight excluding hydrogens is 408 g/mol. The molecule has 1 aromatic rings. The van der Waals surface area contributed by atoms with Crippen molar-refractivity contribution >= 4 is 23.5 Å². The van der Waals surface area contributed by atoms with E-state index in [-0.39, 0.29) is 17.4 Å². The highest BCUT2D eigenvalue weighted by Crippen LogP contribution is 2.32. The number of halogens is 1. The highest BCUT2D eigenvalue weighted by atomic mass is 35.5. The lowest BCUT2D eigenvalue weighted by molar-refractivity contribution is -0.0969. The van der Waals surface area contributed by atoms with Crippen LogP contribution in [0.3, 0.4) is 0 Å². The summed E-state index contributed by atoms with van der Waals surface area (Å²) in [5.74, 6) is 6.42. The fourth-order valence-corrected chi connectivity index (χ4v) is 3.79. The predicted octanol–water partition coefficient (Wildman–Crippen LogP) is 3.99. The molecule has 1 aliphatic rings. The van der Waals surface area contributed by atoms with E-state index in [0.717, 1.165) is 19.3 Å². The second-order valence-corrected chi connectivity index (χ2v) is 8.32. The molecule has 1 amide bonds. The van der Waals surface area contributed by atoms with Gasteiger partial charge in [0.15, 0.2) is 0 Å². The third-order valence-corrected chi connectivity index (χ3v) is 4.96. The van der Waals surface area contributed by atoms with Gasteiger partial charge in [-0.2, -0.15) is 4.98 Å². The molecule has 2 rings (SSSR count). The molecule has 0 unspecified atom stereocenters. The van der Waals surface area contributed by atoms with E-state index in [4.69, 9.17) is 21.1 Å². The summed E-state index contributed by atoms with van der Waals surface area (Å²) in [6, 6.07) is -0.293. The lowest BCUT2D eigenvalue weighted by Crippen LogP contribution is -2.55. The van der Waals surface area contributed by atoms with Crippen molar-refractivity contribution in [3.63, 3.8) is 0 Å². The van der Waals surface area contributed by atoms with Gasteiger partial charge >= 0.3 is 6.09 Å². The predicted molar refractivity (Wildman–Crippen MR) is 116 cm³/mol. The Morgan fingerprint density at radius 2 is 2.03 bits per heavy atom. The smallest absolute Gasteiger partial charge is 0.408 e. The number of nitrogens with zero attached hydrogens (tertiary/aromatic N) is 3. The fourth-order valence-electron chi connectivity index (χ4n) is 3.65. The zero-order chi connectivity index (χ0) is 22.3. The second kappa shape index (κ2) is 10.8. The van der Waals surface area contributed by atoms with Gasteiger partial charge in [-0.25, -0.2) is 9.78 Å². The third-order valence-electron chi connectivity index (χ3n) is 4.78. The van der Waals surface area contributed by atoms with Crippen molar-refractivity contribution in [1.29, 1.82) is 0 Å². The molecule has 1 aliphatic carbocycles. The minimum Gasteiger partial charge on any atom is -0.465 e. The van der Waals surface area contributed by atoms with Gasteiger partial charge in [0.05, 0.1) is 11.6 Å². The average molecular weight is 439 g/mol. The maximum atomic E-state index is 12.0. The van der Waals surface area contributed by atoms with Gasteiger partial charge in [-0.15, -0.1) is 0 Å². The van der Waals surface area contributed by atoms with Gasteiger partial charge in [-0.1, -0.05) is 5.92 Å². The number of carboxylic acid groups (broad SMARTS) is 1. The largest absolute Gasteiger partial charge is 0.465 e. The lowest BCUT2D eigenvalue weighted by Gasteiger charge is -2.40. The molecule has 30 heavy (non-hydrogen) atoms. The van der Waals surface area contributed by atoms with Crippen LogP contribution in [0.25, 0.3) is 0 Å². The zero-order valence-corrected chi connectivity index (χ0v) is 19.0. The van der Waals surface area contributed by atoms with Gasteiger partial charge < -0.3 is 19.9 Å². The molecule has 0 saturated heterocycles. The van der Waals surface area contributed by atoms with Gasteiger partial charge in [0.1, 0.15) is 5.82 Å². The summed E-state index contributed by atoms with van der Waals surface area (Å²) in [6.07, 6.45) is 2.47. The number of aromatic nitrogens is 2. The standard InChI is InChI=1S/C21H31ClN4O4/c1-6-29-17(30-7-2)12-11-14-13-23-19(22)25-18(14)24-15-9-8-10-16(15)26(20(27)28)21(3,4)5/h13,15-17H,6-10H2,1-5H3,(H,27,28)(H,23,24,25)/t15-,16-/m0/s1. The molecule has 1 saturated carbocycles. The molecule has 2 N–H and O–H groups in total. The van der Waals surface area contributed by atoms with Crippen LogP contribution in [0.2, 0.25) is 5.28 Å². The van der Waals surface area contributed by atoms with Gasteiger partial charge in [-0.05, 0) is 71.4 Å². The monoisotopic (exact) mass is 438 g/mol. The number of hydrogen-bond donors (Lipinski definition) is 2. The van der Waals surface area contributed by atoms with Crippen LogP contribution in [0, 0.1) is 11.8 Å². The molecule has 9 heteroatoms. The van der Waals surface area contributed by atoms with Crippen LogP contribution in [0.1, 0.15) is 59.4 Å². The maximum Gasteiger partial charge on any atom is 0.408 e. The van der Waals surface area contributed by atoms with Crippen molar-refractivity contribution in [3.05, 3.63) is 17.0 Å². The summed E-state index contributed by atoms with van der Waals surface area (Å²) in [7, 11) is 0. The van der Waals surface area contributed by atoms with Crippen molar-refractivity contribution < 1.29 is 19.4 Å². The van der Waals surface area contributed by atoms with Gasteiger partial charge in [0.25, 0.3) is 0 Å². The van der Waals surface area contributed by atoms with Gasteiger partial charge in [0.2, 0.25) is 11.6 Å². The molecule has 0 radical (unpaired) electrons. The molecule has 0 aliphatic heterocycles. The number of hydrogen-bond acceptors (Lipinski definition) is 6. The summed E-state index contributed by atoms with van der Waals surface area (Å²) >= 11 is 6.02. The van der Waals surface area contributed by atoms with Crippen molar-refractivity contribution in [2.24, 2.45) is 0 Å². The number of ether oxygens (including phenoxy) is 2. The zero-order valence-electron chi connectivity index (χ0n) is 18.2. The Morgan fingerprint density at radius 3 is 2.60 bits per heavy atom. The van der Waals surface area contributed by atoms with Crippen LogP contribution in [0.5, 0.6) is 0 Å². The number of anilines is 1. The molecule has 1 aromatic heterocycles. The second-order valence-electron chi connectivity index (χ2n) is 7.99. The molecule has 1 fully saturated rings. The molecular formula is C21H31ClN4O4. The number of carbonyl (C=O) groups is 1. The quantitative estimate of drug-likeness (QED) is 0.377. The van der Waals surface area contributed by atoms with Crippen LogP contribution >= 0.6 is 11.6 Å². The minimum atomic E-state index is -0.932.